The lowest BCUT2D eigenvalue weighted by Gasteiger charge is -2.53. The van der Waals surface area contributed by atoms with Gasteiger partial charge in [0.25, 0.3) is 0 Å². The van der Waals surface area contributed by atoms with Crippen LogP contribution in [0.1, 0.15) is 22.3 Å². The van der Waals surface area contributed by atoms with Gasteiger partial charge in [-0.05, 0) is 102 Å². The first-order chi connectivity index (χ1) is 28.3. The van der Waals surface area contributed by atoms with Crippen molar-refractivity contribution >= 4 is 45.9 Å². The third-order valence-electron chi connectivity index (χ3n) is 12.4. The number of para-hydroxylation sites is 2. The van der Waals surface area contributed by atoms with Crippen molar-refractivity contribution in [3.63, 3.8) is 0 Å². The summed E-state index contributed by atoms with van der Waals surface area (Å²) in [4.78, 5) is 2.49. The highest BCUT2D eigenvalue weighted by Crippen LogP contribution is 2.59. The van der Waals surface area contributed by atoms with Crippen LogP contribution in [0.25, 0.3) is 22.3 Å². The van der Waals surface area contributed by atoms with E-state index >= 15 is 0 Å². The summed E-state index contributed by atoms with van der Waals surface area (Å²) in [5, 5.41) is 5.67. The van der Waals surface area contributed by atoms with Gasteiger partial charge in [-0.15, -0.1) is 0 Å². The van der Waals surface area contributed by atoms with E-state index in [2.05, 4.69) is 241 Å². The Labute approximate surface area is 335 Å². The Kier molecular flexibility index (Phi) is 7.80. The Hall–Kier alpha value is -7.00. The summed E-state index contributed by atoms with van der Waals surface area (Å²) in [5.74, 6) is 0. The Morgan fingerprint density at radius 1 is 0.298 bits per heavy atom. The number of hydrogen-bond donors (Lipinski definition) is 0. The fraction of sp³-hybridized carbons (Fsp3) is 0.0182. The summed E-state index contributed by atoms with van der Waals surface area (Å²) in [6.07, 6.45) is 0. The van der Waals surface area contributed by atoms with Crippen LogP contribution in [0.5, 0.6) is 0 Å². The minimum atomic E-state index is -2.85. The quantitative estimate of drug-likeness (QED) is 0.159. The largest absolute Gasteiger partial charge is 0.310 e. The smallest absolute Gasteiger partial charge is 0.180 e. The predicted molar refractivity (Wildman–Crippen MR) is 241 cm³/mol. The van der Waals surface area contributed by atoms with Crippen LogP contribution in [0.3, 0.4) is 0 Å². The van der Waals surface area contributed by atoms with Crippen LogP contribution >= 0.6 is 0 Å². The van der Waals surface area contributed by atoms with Crippen LogP contribution in [0.15, 0.2) is 237 Å². The summed E-state index contributed by atoms with van der Waals surface area (Å²) in [6, 6.07) is 88.6. The molecule has 57 heavy (non-hydrogen) atoms. The molecular weight excluding hydrogens is 703 g/mol. The molecule has 0 atom stereocenters. The van der Waals surface area contributed by atoms with Gasteiger partial charge in [-0.3, -0.25) is 0 Å². The molecule has 2 heteroatoms. The molecule has 2 heterocycles. The molecule has 0 saturated heterocycles. The van der Waals surface area contributed by atoms with Gasteiger partial charge in [0.15, 0.2) is 8.07 Å². The number of hydrogen-bond acceptors (Lipinski definition) is 1. The van der Waals surface area contributed by atoms with Crippen LogP contribution in [0.4, 0.5) is 17.1 Å². The number of rotatable bonds is 5. The van der Waals surface area contributed by atoms with Gasteiger partial charge in [0.1, 0.15) is 0 Å². The van der Waals surface area contributed by atoms with Gasteiger partial charge in [0.05, 0.1) is 16.8 Å². The van der Waals surface area contributed by atoms with E-state index in [9.17, 15) is 0 Å². The van der Waals surface area contributed by atoms with E-state index < -0.39 is 13.5 Å². The molecule has 2 aliphatic rings. The van der Waals surface area contributed by atoms with Crippen molar-refractivity contribution in [3.8, 4) is 22.3 Å². The van der Waals surface area contributed by atoms with Crippen molar-refractivity contribution in [1.29, 1.82) is 0 Å². The Morgan fingerprint density at radius 3 is 1.35 bits per heavy atom. The third-order valence-corrected chi connectivity index (χ3v) is 17.3. The predicted octanol–water partition coefficient (Wildman–Crippen LogP) is 10.9. The van der Waals surface area contributed by atoms with Crippen molar-refractivity contribution in [2.24, 2.45) is 0 Å². The summed E-state index contributed by atoms with van der Waals surface area (Å²) in [6.45, 7) is 0. The average Bonchev–Trinajstić information content (AvgIpc) is 3.30. The highest BCUT2D eigenvalue weighted by Gasteiger charge is 2.57. The number of fused-ring (bicyclic) bond motifs is 8. The molecule has 0 N–H and O–H groups in total. The number of anilines is 3. The van der Waals surface area contributed by atoms with E-state index in [4.69, 9.17) is 0 Å². The first-order valence-electron chi connectivity index (χ1n) is 19.9. The second kappa shape index (κ2) is 13.3. The summed E-state index contributed by atoms with van der Waals surface area (Å²) < 4.78 is 0. The van der Waals surface area contributed by atoms with Crippen molar-refractivity contribution in [3.05, 3.63) is 259 Å². The maximum Gasteiger partial charge on any atom is 0.180 e. The van der Waals surface area contributed by atoms with Crippen molar-refractivity contribution < 1.29 is 0 Å². The molecule has 268 valence electrons. The standard InChI is InChI=1S/C55H39NSi/c1-5-20-40(21-6-1)41-22-19-23-42(38-41)43-36-37-52-50(39-43)55(47-30-13-16-33-51(47)56(52)44-24-7-2-8-25-44)48-31-14-17-34-53(48)57(45-26-9-3-10-27-45,46-28-11-4-12-29-46)54-35-18-15-32-49(54)55/h1-39H. The van der Waals surface area contributed by atoms with Crippen molar-refractivity contribution in [1.82, 2.24) is 0 Å². The van der Waals surface area contributed by atoms with Crippen LogP contribution in [0.2, 0.25) is 0 Å². The van der Waals surface area contributed by atoms with Gasteiger partial charge in [-0.1, -0.05) is 200 Å². The molecule has 11 rings (SSSR count). The van der Waals surface area contributed by atoms with Gasteiger partial charge in [-0.25, -0.2) is 0 Å². The van der Waals surface area contributed by atoms with Crippen LogP contribution in [-0.2, 0) is 5.41 Å². The molecule has 0 fully saturated rings. The maximum atomic E-state index is 2.51. The van der Waals surface area contributed by atoms with E-state index in [0.29, 0.717) is 0 Å². The molecule has 0 aromatic heterocycles. The van der Waals surface area contributed by atoms with Gasteiger partial charge < -0.3 is 4.90 Å². The monoisotopic (exact) mass is 741 g/mol. The van der Waals surface area contributed by atoms with E-state index in [-0.39, 0.29) is 0 Å². The number of nitrogens with zero attached hydrogens (tertiary/aromatic N) is 1. The van der Waals surface area contributed by atoms with Crippen molar-refractivity contribution in [2.75, 3.05) is 4.90 Å². The molecule has 0 amide bonds. The maximum absolute atomic E-state index is 2.85. The molecule has 1 spiro atoms. The minimum absolute atomic E-state index is 0.614. The highest BCUT2D eigenvalue weighted by atomic mass is 28.3. The summed E-state index contributed by atoms with van der Waals surface area (Å²) in [7, 11) is -2.85. The van der Waals surface area contributed by atoms with Gasteiger partial charge >= 0.3 is 0 Å². The Bertz CT molecular complexity index is 2810. The molecule has 0 bridgehead atoms. The second-order valence-corrected chi connectivity index (χ2v) is 18.9. The van der Waals surface area contributed by atoms with Gasteiger partial charge in [0, 0.05) is 5.69 Å². The zero-order valence-electron chi connectivity index (χ0n) is 31.5. The normalized spacial score (nSPS) is 14.2. The molecule has 2 aliphatic heterocycles. The fourth-order valence-electron chi connectivity index (χ4n) is 10.1. The van der Waals surface area contributed by atoms with Crippen LogP contribution in [-0.4, -0.2) is 8.07 Å². The minimum Gasteiger partial charge on any atom is -0.310 e. The second-order valence-electron chi connectivity index (χ2n) is 15.2. The first-order valence-corrected chi connectivity index (χ1v) is 21.9. The van der Waals surface area contributed by atoms with Crippen LogP contribution in [0, 0.1) is 0 Å². The Balaban J connectivity index is 1.28. The van der Waals surface area contributed by atoms with Crippen LogP contribution < -0.4 is 25.6 Å². The summed E-state index contributed by atoms with van der Waals surface area (Å²) in [5.41, 5.74) is 13.1. The lowest BCUT2D eigenvalue weighted by atomic mass is 9.61. The zero-order valence-corrected chi connectivity index (χ0v) is 32.5. The van der Waals surface area contributed by atoms with Gasteiger partial charge in [0.2, 0.25) is 0 Å². The van der Waals surface area contributed by atoms with E-state index in [0.717, 1.165) is 5.69 Å². The topological polar surface area (TPSA) is 3.24 Å². The van der Waals surface area contributed by atoms with Gasteiger partial charge in [-0.2, -0.15) is 0 Å². The molecule has 0 aliphatic carbocycles. The molecule has 0 radical (unpaired) electrons. The van der Waals surface area contributed by atoms with E-state index in [1.807, 2.05) is 0 Å². The SMILES string of the molecule is c1ccc(-c2cccc(-c3ccc4c(c3)C3(c5ccccc5N4c4ccccc4)c4ccccc4[Si](c4ccccc4)(c4ccccc4)c4ccccc43)c2)cc1. The average molecular weight is 742 g/mol. The first kappa shape index (κ1) is 33.3. The lowest BCUT2D eigenvalue weighted by molar-refractivity contribution is 0.736. The number of benzene rings is 9. The Morgan fingerprint density at radius 2 is 0.737 bits per heavy atom. The summed E-state index contributed by atoms with van der Waals surface area (Å²) >= 11 is 0. The van der Waals surface area contributed by atoms with E-state index in [1.54, 1.807) is 0 Å². The fourth-order valence-corrected chi connectivity index (χ4v) is 15.4. The molecule has 0 saturated carbocycles. The molecule has 9 aromatic rings. The zero-order chi connectivity index (χ0) is 37.8. The molecular formula is C55H39NSi. The molecule has 1 nitrogen and oxygen atoms in total. The molecule has 9 aromatic carbocycles. The third kappa shape index (κ3) is 4.87. The van der Waals surface area contributed by atoms with E-state index in [1.165, 1.54) is 76.6 Å². The molecule has 0 unspecified atom stereocenters. The highest BCUT2D eigenvalue weighted by molar-refractivity contribution is 7.20. The lowest BCUT2D eigenvalue weighted by Crippen LogP contribution is -2.79. The van der Waals surface area contributed by atoms with Crippen molar-refractivity contribution in [2.45, 2.75) is 5.41 Å².